The molecule has 0 fully saturated rings. The first-order chi connectivity index (χ1) is 15.6. The van der Waals surface area contributed by atoms with Gasteiger partial charge in [-0.1, -0.05) is 64.7 Å². The Balaban J connectivity index is 3.22. The second-order valence-corrected chi connectivity index (χ2v) is 7.67. The number of nitrogen functional groups attached to an aromatic ring is 1. The molecule has 0 saturated carbocycles. The first kappa shape index (κ1) is 27.8. The number of anilines is 2. The summed E-state index contributed by atoms with van der Waals surface area (Å²) in [7, 11) is 1.88. The third kappa shape index (κ3) is 9.96. The average Bonchev–Trinajstić information content (AvgIpc) is 2.79. The van der Waals surface area contributed by atoms with E-state index in [0.29, 0.717) is 43.8 Å². The van der Waals surface area contributed by atoms with Gasteiger partial charge in [0.05, 0.1) is 31.2 Å². The van der Waals surface area contributed by atoms with Gasteiger partial charge in [0.1, 0.15) is 6.61 Å². The summed E-state index contributed by atoms with van der Waals surface area (Å²) in [5, 5.41) is 5.76. The van der Waals surface area contributed by atoms with Gasteiger partial charge in [-0.15, -0.1) is 0 Å². The quantitative estimate of drug-likeness (QED) is 0.106. The number of nitrogens with two attached hydrogens (primary N) is 1. The van der Waals surface area contributed by atoms with Crippen molar-refractivity contribution in [2.75, 3.05) is 44.1 Å². The van der Waals surface area contributed by atoms with Gasteiger partial charge >= 0.3 is 0 Å². The van der Waals surface area contributed by atoms with Crippen molar-refractivity contribution in [1.29, 1.82) is 0 Å². The van der Waals surface area contributed by atoms with Crippen molar-refractivity contribution in [2.24, 2.45) is 5.16 Å². The molecule has 0 radical (unpaired) electrons. The van der Waals surface area contributed by atoms with Crippen molar-refractivity contribution in [1.82, 2.24) is 5.23 Å². The molecular weight excluding hydrogens is 408 g/mol. The number of guanidine groups is 1. The maximum atomic E-state index is 6.25. The molecule has 184 valence electrons. The number of hydrogen-bond acceptors (Lipinski definition) is 6. The van der Waals surface area contributed by atoms with Crippen molar-refractivity contribution in [2.45, 2.75) is 79.1 Å². The highest BCUT2D eigenvalue weighted by Crippen LogP contribution is 2.34. The second kappa shape index (κ2) is 17.4. The van der Waals surface area contributed by atoms with Crippen molar-refractivity contribution >= 4 is 17.3 Å². The fraction of sp³-hybridized carbons (Fsp3) is 0.708. The van der Waals surface area contributed by atoms with Crippen LogP contribution in [0.2, 0.25) is 0 Å². The highest BCUT2D eigenvalue weighted by molar-refractivity contribution is 5.96. The maximum Gasteiger partial charge on any atom is 0.294 e. The number of hydroxylamine groups is 2. The van der Waals surface area contributed by atoms with E-state index in [1.807, 2.05) is 30.1 Å². The SMILES string of the molecule is CCCCO/N=C(\N(OCCCC)OCCCC)N(C)c1cccc(N)c1OCCCC. The normalized spacial score (nSPS) is 11.5. The van der Waals surface area contributed by atoms with Crippen LogP contribution >= 0.6 is 0 Å². The van der Waals surface area contributed by atoms with E-state index in [9.17, 15) is 0 Å². The van der Waals surface area contributed by atoms with Crippen LogP contribution in [0.5, 0.6) is 5.75 Å². The largest absolute Gasteiger partial charge is 0.489 e. The lowest BCUT2D eigenvalue weighted by Crippen LogP contribution is -2.43. The van der Waals surface area contributed by atoms with Gasteiger partial charge in [0.15, 0.2) is 5.75 Å². The molecule has 1 rings (SSSR count). The molecule has 0 bridgehead atoms. The molecule has 0 amide bonds. The molecule has 0 aliphatic carbocycles. The Kier molecular flexibility index (Phi) is 15.1. The standard InChI is InChI=1S/C24H44N4O4/c1-6-10-17-29-23-21(25)15-14-16-22(23)27(5)24(26-30-18-11-7-2)28(31-19-12-8-3)32-20-13-9-4/h14-16H,6-13,17-20,25H2,1-5H3/b26-24-. The van der Waals surface area contributed by atoms with Gasteiger partial charge < -0.3 is 20.2 Å². The Labute approximate surface area is 194 Å². The minimum Gasteiger partial charge on any atom is -0.489 e. The second-order valence-electron chi connectivity index (χ2n) is 7.67. The van der Waals surface area contributed by atoms with E-state index in [-0.39, 0.29) is 0 Å². The minimum absolute atomic E-state index is 0.388. The number of oxime groups is 1. The molecule has 0 unspecified atom stereocenters. The number of benzene rings is 1. The molecule has 1 aromatic rings. The summed E-state index contributed by atoms with van der Waals surface area (Å²) in [6.45, 7) is 10.6. The van der Waals surface area contributed by atoms with E-state index < -0.39 is 0 Å². The first-order valence-electron chi connectivity index (χ1n) is 12.1. The van der Waals surface area contributed by atoms with Crippen molar-refractivity contribution in [3.05, 3.63) is 18.2 Å². The molecule has 1 aromatic carbocycles. The van der Waals surface area contributed by atoms with Gasteiger partial charge in [0.2, 0.25) is 0 Å². The van der Waals surface area contributed by atoms with Crippen molar-refractivity contribution in [3.8, 4) is 5.75 Å². The fourth-order valence-corrected chi connectivity index (χ4v) is 2.66. The monoisotopic (exact) mass is 452 g/mol. The zero-order chi connectivity index (χ0) is 23.6. The van der Waals surface area contributed by atoms with E-state index in [4.69, 9.17) is 25.0 Å². The number of rotatable bonds is 17. The van der Waals surface area contributed by atoms with Gasteiger partial charge in [0, 0.05) is 7.05 Å². The van der Waals surface area contributed by atoms with E-state index >= 15 is 0 Å². The molecule has 0 aromatic heterocycles. The molecule has 0 heterocycles. The molecule has 8 heteroatoms. The third-order valence-corrected chi connectivity index (χ3v) is 4.74. The highest BCUT2D eigenvalue weighted by atomic mass is 17.0. The topological polar surface area (TPSA) is 81.8 Å². The zero-order valence-electron chi connectivity index (χ0n) is 20.8. The first-order valence-corrected chi connectivity index (χ1v) is 12.1. The van der Waals surface area contributed by atoms with Crippen molar-refractivity contribution < 1.29 is 19.2 Å². The average molecular weight is 453 g/mol. The number of unbranched alkanes of at least 4 members (excludes halogenated alkanes) is 4. The number of nitrogens with zero attached hydrogens (tertiary/aromatic N) is 3. The highest BCUT2D eigenvalue weighted by Gasteiger charge is 2.24. The maximum absolute atomic E-state index is 6.25. The Morgan fingerprint density at radius 2 is 1.41 bits per heavy atom. The summed E-state index contributed by atoms with van der Waals surface area (Å²) in [6, 6.07) is 5.67. The molecule has 0 atom stereocenters. The van der Waals surface area contributed by atoms with Gasteiger partial charge in [-0.25, -0.2) is 9.68 Å². The van der Waals surface area contributed by atoms with Gasteiger partial charge in [-0.05, 0) is 43.0 Å². The lowest BCUT2D eigenvalue weighted by molar-refractivity contribution is -0.319. The van der Waals surface area contributed by atoms with Gasteiger partial charge in [0.25, 0.3) is 5.96 Å². The summed E-state index contributed by atoms with van der Waals surface area (Å²) in [5.41, 5.74) is 7.59. The van der Waals surface area contributed by atoms with Crippen molar-refractivity contribution in [3.63, 3.8) is 0 Å². The number of para-hydroxylation sites is 1. The Hall–Kier alpha value is -2.19. The van der Waals surface area contributed by atoms with Crippen LogP contribution in [-0.4, -0.2) is 44.7 Å². The molecule has 2 N–H and O–H groups in total. The van der Waals surface area contributed by atoms with Crippen LogP contribution in [0.1, 0.15) is 79.1 Å². The van der Waals surface area contributed by atoms with Gasteiger partial charge in [-0.3, -0.25) is 0 Å². The summed E-state index contributed by atoms with van der Waals surface area (Å²) in [6.07, 6.45) is 7.78. The van der Waals surface area contributed by atoms with Crippen LogP contribution in [0.4, 0.5) is 11.4 Å². The lowest BCUT2D eigenvalue weighted by atomic mass is 10.2. The summed E-state index contributed by atoms with van der Waals surface area (Å²) < 4.78 is 6.04. The van der Waals surface area contributed by atoms with Crippen LogP contribution in [-0.2, 0) is 14.5 Å². The third-order valence-electron chi connectivity index (χ3n) is 4.74. The Bertz CT molecular complexity index is 632. The van der Waals surface area contributed by atoms with Crippen LogP contribution in [0.15, 0.2) is 23.4 Å². The van der Waals surface area contributed by atoms with Crippen LogP contribution in [0, 0.1) is 0 Å². The molecule has 0 saturated heterocycles. The Morgan fingerprint density at radius 3 is 2.00 bits per heavy atom. The van der Waals surface area contributed by atoms with E-state index in [1.54, 1.807) is 0 Å². The molecule has 0 aliphatic heterocycles. The molecule has 0 spiro atoms. The molecule has 8 nitrogen and oxygen atoms in total. The smallest absolute Gasteiger partial charge is 0.294 e. The lowest BCUT2D eigenvalue weighted by Gasteiger charge is -2.30. The van der Waals surface area contributed by atoms with E-state index in [1.165, 1.54) is 5.23 Å². The van der Waals surface area contributed by atoms with Crippen LogP contribution in [0.3, 0.4) is 0 Å². The minimum atomic E-state index is 0.388. The predicted octanol–water partition coefficient (Wildman–Crippen LogP) is 5.74. The van der Waals surface area contributed by atoms with Crippen LogP contribution in [0.25, 0.3) is 0 Å². The fourth-order valence-electron chi connectivity index (χ4n) is 2.66. The van der Waals surface area contributed by atoms with E-state index in [2.05, 4.69) is 32.9 Å². The summed E-state index contributed by atoms with van der Waals surface area (Å²) >= 11 is 0. The zero-order valence-corrected chi connectivity index (χ0v) is 20.8. The molecule has 32 heavy (non-hydrogen) atoms. The number of hydrogen-bond donors (Lipinski definition) is 1. The predicted molar refractivity (Wildman–Crippen MR) is 132 cm³/mol. The number of ether oxygens (including phenoxy) is 1. The Morgan fingerprint density at radius 1 is 0.844 bits per heavy atom. The van der Waals surface area contributed by atoms with Gasteiger partial charge in [-0.2, -0.15) is 0 Å². The molecule has 0 aliphatic rings. The molecular formula is C24H44N4O4. The summed E-state index contributed by atoms with van der Waals surface area (Å²) in [5.74, 6) is 1.01. The van der Waals surface area contributed by atoms with E-state index in [0.717, 1.165) is 57.1 Å². The van der Waals surface area contributed by atoms with Crippen LogP contribution < -0.4 is 15.4 Å². The summed E-state index contributed by atoms with van der Waals surface area (Å²) in [4.78, 5) is 19.3.